The summed E-state index contributed by atoms with van der Waals surface area (Å²) in [5, 5.41) is 0. The van der Waals surface area contributed by atoms with E-state index in [1.807, 2.05) is 12.4 Å². The molecule has 1 saturated heterocycles. The lowest BCUT2D eigenvalue weighted by molar-refractivity contribution is 0.167. The molecule has 0 saturated carbocycles. The van der Waals surface area contributed by atoms with E-state index in [4.69, 9.17) is 0 Å². The Kier molecular flexibility index (Phi) is 4.44. The monoisotopic (exact) mass is 266 g/mol. The third-order valence-corrected chi connectivity index (χ3v) is 4.13. The van der Waals surface area contributed by atoms with Crippen molar-refractivity contribution in [3.8, 4) is 0 Å². The number of rotatable bonds is 4. The van der Waals surface area contributed by atoms with Gasteiger partial charge in [0, 0.05) is 25.5 Å². The third kappa shape index (κ3) is 3.67. The van der Waals surface area contributed by atoms with Crippen molar-refractivity contribution in [3.63, 3.8) is 0 Å². The summed E-state index contributed by atoms with van der Waals surface area (Å²) < 4.78 is 0. The minimum atomic E-state index is 0.787. The molecular formula is C18H22N2. The van der Waals surface area contributed by atoms with Crippen LogP contribution in [0.5, 0.6) is 0 Å². The molecule has 1 fully saturated rings. The second-order valence-corrected chi connectivity index (χ2v) is 5.79. The second kappa shape index (κ2) is 6.67. The van der Waals surface area contributed by atoms with Crippen LogP contribution in [-0.2, 0) is 13.0 Å². The van der Waals surface area contributed by atoms with Gasteiger partial charge in [-0.15, -0.1) is 0 Å². The highest BCUT2D eigenvalue weighted by atomic mass is 15.1. The highest BCUT2D eigenvalue weighted by Crippen LogP contribution is 2.22. The van der Waals surface area contributed by atoms with Crippen LogP contribution in [0.3, 0.4) is 0 Å². The molecule has 2 aromatic rings. The highest BCUT2D eigenvalue weighted by Gasteiger charge is 2.20. The normalized spacial score (nSPS) is 19.9. The number of hydrogen-bond acceptors (Lipinski definition) is 2. The Balaban J connectivity index is 1.57. The first kappa shape index (κ1) is 13.3. The van der Waals surface area contributed by atoms with Gasteiger partial charge in [-0.3, -0.25) is 9.88 Å². The lowest BCUT2D eigenvalue weighted by atomic mass is 9.91. The van der Waals surface area contributed by atoms with Gasteiger partial charge < -0.3 is 0 Å². The third-order valence-electron chi connectivity index (χ3n) is 4.13. The number of pyridine rings is 1. The standard InChI is InChI=1S/C18H22N2/c1-2-5-17(6-3-1)14-20-12-4-7-18(15-20)13-16-8-10-19-11-9-16/h1-3,5-6,8-11,18H,4,7,12-15H2. The Hall–Kier alpha value is -1.67. The molecule has 1 aliphatic rings. The fourth-order valence-electron chi connectivity index (χ4n) is 3.16. The Labute approximate surface area is 121 Å². The molecule has 1 aromatic carbocycles. The quantitative estimate of drug-likeness (QED) is 0.841. The van der Waals surface area contributed by atoms with Gasteiger partial charge in [-0.25, -0.2) is 0 Å². The predicted octanol–water partition coefficient (Wildman–Crippen LogP) is 3.54. The molecule has 0 amide bonds. The Bertz CT molecular complexity index is 462. The number of benzene rings is 1. The van der Waals surface area contributed by atoms with Crippen LogP contribution in [0.4, 0.5) is 0 Å². The highest BCUT2D eigenvalue weighted by molar-refractivity contribution is 5.15. The summed E-state index contributed by atoms with van der Waals surface area (Å²) in [6.45, 7) is 3.55. The van der Waals surface area contributed by atoms with Crippen LogP contribution in [0, 0.1) is 5.92 Å². The first-order valence-electron chi connectivity index (χ1n) is 7.55. The first-order valence-corrected chi connectivity index (χ1v) is 7.55. The summed E-state index contributed by atoms with van der Waals surface area (Å²) >= 11 is 0. The number of aromatic nitrogens is 1. The van der Waals surface area contributed by atoms with Crippen molar-refractivity contribution in [2.75, 3.05) is 13.1 Å². The van der Waals surface area contributed by atoms with Crippen LogP contribution in [0.25, 0.3) is 0 Å². The van der Waals surface area contributed by atoms with E-state index < -0.39 is 0 Å². The largest absolute Gasteiger partial charge is 0.299 e. The van der Waals surface area contributed by atoms with Crippen molar-refractivity contribution in [3.05, 3.63) is 66.0 Å². The Morgan fingerprint density at radius 2 is 1.80 bits per heavy atom. The van der Waals surface area contributed by atoms with Gasteiger partial charge in [0.05, 0.1) is 0 Å². The van der Waals surface area contributed by atoms with E-state index >= 15 is 0 Å². The maximum absolute atomic E-state index is 4.10. The van der Waals surface area contributed by atoms with Crippen molar-refractivity contribution in [1.29, 1.82) is 0 Å². The summed E-state index contributed by atoms with van der Waals surface area (Å²) in [7, 11) is 0. The molecule has 2 heteroatoms. The summed E-state index contributed by atoms with van der Waals surface area (Å²) in [6.07, 6.45) is 7.67. The molecule has 0 N–H and O–H groups in total. The molecule has 3 rings (SSSR count). The van der Waals surface area contributed by atoms with Gasteiger partial charge in [0.1, 0.15) is 0 Å². The molecule has 1 aliphatic heterocycles. The maximum atomic E-state index is 4.10. The van der Waals surface area contributed by atoms with Gasteiger partial charge >= 0.3 is 0 Å². The van der Waals surface area contributed by atoms with Crippen LogP contribution in [0.1, 0.15) is 24.0 Å². The van der Waals surface area contributed by atoms with E-state index in [-0.39, 0.29) is 0 Å². The van der Waals surface area contributed by atoms with Crippen molar-refractivity contribution < 1.29 is 0 Å². The second-order valence-electron chi connectivity index (χ2n) is 5.79. The molecule has 2 heterocycles. The van der Waals surface area contributed by atoms with Crippen molar-refractivity contribution in [2.45, 2.75) is 25.8 Å². The van der Waals surface area contributed by atoms with Gasteiger partial charge in [0.15, 0.2) is 0 Å². The minimum Gasteiger partial charge on any atom is -0.299 e. The molecule has 104 valence electrons. The fraction of sp³-hybridized carbons (Fsp3) is 0.389. The Morgan fingerprint density at radius 1 is 1.00 bits per heavy atom. The lowest BCUT2D eigenvalue weighted by Crippen LogP contribution is -2.35. The maximum Gasteiger partial charge on any atom is 0.0270 e. The molecule has 0 radical (unpaired) electrons. The van der Waals surface area contributed by atoms with Crippen LogP contribution in [-0.4, -0.2) is 23.0 Å². The summed E-state index contributed by atoms with van der Waals surface area (Å²) in [5.74, 6) is 0.787. The average Bonchev–Trinajstić information content (AvgIpc) is 2.50. The van der Waals surface area contributed by atoms with Gasteiger partial charge in [-0.05, 0) is 55.0 Å². The molecule has 1 atom stereocenters. The van der Waals surface area contributed by atoms with Gasteiger partial charge in [-0.2, -0.15) is 0 Å². The Morgan fingerprint density at radius 3 is 2.60 bits per heavy atom. The van der Waals surface area contributed by atoms with Crippen LogP contribution < -0.4 is 0 Å². The van der Waals surface area contributed by atoms with Gasteiger partial charge in [0.25, 0.3) is 0 Å². The predicted molar refractivity (Wildman–Crippen MR) is 82.4 cm³/mol. The zero-order valence-corrected chi connectivity index (χ0v) is 11.9. The van der Waals surface area contributed by atoms with Crippen LogP contribution in [0.15, 0.2) is 54.9 Å². The fourth-order valence-corrected chi connectivity index (χ4v) is 3.16. The SMILES string of the molecule is c1ccc(CN2CCCC(Cc3ccncc3)C2)cc1. The summed E-state index contributed by atoms with van der Waals surface area (Å²) in [4.78, 5) is 6.70. The van der Waals surface area contributed by atoms with E-state index in [0.29, 0.717) is 0 Å². The molecular weight excluding hydrogens is 244 g/mol. The zero-order valence-electron chi connectivity index (χ0n) is 11.9. The molecule has 0 aliphatic carbocycles. The molecule has 0 bridgehead atoms. The lowest BCUT2D eigenvalue weighted by Gasteiger charge is -2.32. The van der Waals surface area contributed by atoms with Crippen LogP contribution >= 0.6 is 0 Å². The number of piperidine rings is 1. The zero-order chi connectivity index (χ0) is 13.6. The van der Waals surface area contributed by atoms with Crippen LogP contribution in [0.2, 0.25) is 0 Å². The molecule has 20 heavy (non-hydrogen) atoms. The topological polar surface area (TPSA) is 16.1 Å². The van der Waals surface area contributed by atoms with Crippen molar-refractivity contribution >= 4 is 0 Å². The van der Waals surface area contributed by atoms with Gasteiger partial charge in [-0.1, -0.05) is 30.3 Å². The first-order chi connectivity index (χ1) is 9.90. The number of likely N-dealkylation sites (tertiary alicyclic amines) is 1. The molecule has 1 unspecified atom stereocenters. The molecule has 2 nitrogen and oxygen atoms in total. The van der Waals surface area contributed by atoms with Crippen molar-refractivity contribution in [1.82, 2.24) is 9.88 Å². The smallest absolute Gasteiger partial charge is 0.0270 e. The molecule has 0 spiro atoms. The number of hydrogen-bond donors (Lipinski definition) is 0. The average molecular weight is 266 g/mol. The summed E-state index contributed by atoms with van der Waals surface area (Å²) in [6, 6.07) is 15.1. The minimum absolute atomic E-state index is 0.787. The van der Waals surface area contributed by atoms with E-state index in [1.165, 1.54) is 43.5 Å². The van der Waals surface area contributed by atoms with Gasteiger partial charge in [0.2, 0.25) is 0 Å². The summed E-state index contributed by atoms with van der Waals surface area (Å²) in [5.41, 5.74) is 2.85. The van der Waals surface area contributed by atoms with E-state index in [0.717, 1.165) is 12.5 Å². The van der Waals surface area contributed by atoms with E-state index in [9.17, 15) is 0 Å². The van der Waals surface area contributed by atoms with E-state index in [1.54, 1.807) is 0 Å². The van der Waals surface area contributed by atoms with Crippen molar-refractivity contribution in [2.24, 2.45) is 5.92 Å². The number of nitrogens with zero attached hydrogens (tertiary/aromatic N) is 2. The molecule has 1 aromatic heterocycles. The van der Waals surface area contributed by atoms with E-state index in [2.05, 4.69) is 52.3 Å².